The fourth-order valence-electron chi connectivity index (χ4n) is 9.20. The largest absolute Gasteiger partial charge is 0.112 e. The molecule has 0 aromatic heterocycles. The fourth-order valence-corrected chi connectivity index (χ4v) is 18.1. The van der Waals surface area contributed by atoms with Gasteiger partial charge in [-0.3, -0.25) is 0 Å². The van der Waals surface area contributed by atoms with Gasteiger partial charge in [-0.05, 0) is 145 Å². The Hall–Kier alpha value is -3.82. The Balaban J connectivity index is 1.36. The molecule has 0 aliphatic heterocycles. The van der Waals surface area contributed by atoms with Crippen LogP contribution in [0.5, 0.6) is 0 Å². The van der Waals surface area contributed by atoms with Gasteiger partial charge in [-0.25, -0.2) is 0 Å². The molecule has 0 bridgehead atoms. The quantitative estimate of drug-likeness (QED) is 0.109. The summed E-state index contributed by atoms with van der Waals surface area (Å²) in [6, 6.07) is 57.9. The minimum absolute atomic E-state index is 0.301. The summed E-state index contributed by atoms with van der Waals surface area (Å²) in [7, 11) is -3.94. The summed E-state index contributed by atoms with van der Waals surface area (Å²) in [6.07, 6.45) is 11.6. The van der Waals surface area contributed by atoms with Crippen molar-refractivity contribution in [2.75, 3.05) is 12.3 Å². The van der Waals surface area contributed by atoms with Crippen molar-refractivity contribution in [3.8, 4) is 0 Å². The number of hydrogen-bond acceptors (Lipinski definition) is 0. The average Bonchev–Trinajstić information content (AvgIpc) is 3.19. The van der Waals surface area contributed by atoms with E-state index in [4.69, 9.17) is 0 Å². The average molecular weight is 747 g/mol. The molecule has 1 aliphatic rings. The van der Waals surface area contributed by atoms with Crippen molar-refractivity contribution in [3.63, 3.8) is 0 Å². The van der Waals surface area contributed by atoms with Gasteiger partial charge in [0.15, 0.2) is 0 Å². The van der Waals surface area contributed by atoms with Crippen molar-refractivity contribution in [2.45, 2.75) is 86.5 Å². The third-order valence-corrected chi connectivity index (χ3v) is 21.6. The van der Waals surface area contributed by atoms with Crippen molar-refractivity contribution >= 4 is 46.4 Å². The normalized spacial score (nSPS) is 14.6. The molecule has 7 rings (SSSR count). The van der Waals surface area contributed by atoms with Crippen molar-refractivity contribution < 1.29 is 0 Å². The molecular weight excluding hydrogens is 687 g/mol. The van der Waals surface area contributed by atoms with E-state index < -0.39 is 14.5 Å². The van der Waals surface area contributed by atoms with Crippen molar-refractivity contribution in [3.05, 3.63) is 179 Å². The smallest absolute Gasteiger partial charge is 0.0554 e. The van der Waals surface area contributed by atoms with Crippen LogP contribution in [-0.2, 0) is 0 Å². The van der Waals surface area contributed by atoms with Crippen LogP contribution in [0.1, 0.15) is 78.3 Å². The predicted molar refractivity (Wildman–Crippen MR) is 243 cm³/mol. The van der Waals surface area contributed by atoms with E-state index in [9.17, 15) is 0 Å². The van der Waals surface area contributed by atoms with Crippen LogP contribution in [0.15, 0.2) is 146 Å². The lowest BCUT2D eigenvalue weighted by atomic mass is 9.70. The zero-order chi connectivity index (χ0) is 37.8. The van der Waals surface area contributed by atoms with Gasteiger partial charge >= 0.3 is 0 Å². The van der Waals surface area contributed by atoms with E-state index in [1.54, 1.807) is 0 Å². The van der Waals surface area contributed by atoms with E-state index in [1.165, 1.54) is 122 Å². The molecule has 1 saturated carbocycles. The molecule has 1 fully saturated rings. The van der Waals surface area contributed by atoms with Crippen LogP contribution in [0, 0.1) is 47.0 Å². The molecule has 54 heavy (non-hydrogen) atoms. The maximum Gasteiger partial charge on any atom is 0.112 e. The first-order chi connectivity index (χ1) is 26.1. The molecule has 0 amide bonds. The highest BCUT2D eigenvalue weighted by atomic mass is 31.2. The Kier molecular flexibility index (Phi) is 11.7. The number of aryl methyl sites for hydroxylation is 6. The van der Waals surface area contributed by atoms with Crippen LogP contribution in [0.4, 0.5) is 0 Å². The third kappa shape index (κ3) is 7.95. The zero-order valence-corrected chi connectivity index (χ0v) is 35.4. The highest BCUT2D eigenvalue weighted by Gasteiger charge is 2.50. The lowest BCUT2D eigenvalue weighted by Crippen LogP contribution is -2.38. The first-order valence-electron chi connectivity index (χ1n) is 20.3. The van der Waals surface area contributed by atoms with E-state index in [1.807, 2.05) is 0 Å². The molecule has 0 N–H and O–H groups in total. The molecule has 0 saturated heterocycles. The molecular formula is C52H60P2+2. The van der Waals surface area contributed by atoms with Crippen LogP contribution < -0.4 is 31.8 Å². The van der Waals surface area contributed by atoms with Gasteiger partial charge in [0.25, 0.3) is 0 Å². The SMILES string of the molecule is Cc1ccc([P+](CCC2(CC[P+](c3ccc(C)cc3)(c3ccc(C)cc3)c3ccc(C)cc3)CCCCC2)(c2ccc(C)cc2)c2ccc(C)cc2)cc1. The Labute approximate surface area is 328 Å². The molecule has 276 valence electrons. The summed E-state index contributed by atoms with van der Waals surface area (Å²) in [5, 5.41) is 9.13. The maximum atomic E-state index is 2.47. The van der Waals surface area contributed by atoms with E-state index in [2.05, 4.69) is 187 Å². The molecule has 2 heteroatoms. The lowest BCUT2D eigenvalue weighted by Gasteiger charge is -2.41. The number of hydrogen-bond donors (Lipinski definition) is 0. The van der Waals surface area contributed by atoms with Crippen molar-refractivity contribution in [2.24, 2.45) is 5.41 Å². The third-order valence-electron chi connectivity index (χ3n) is 12.7. The molecule has 0 spiro atoms. The standard InChI is InChI=1S/C52H60P2/c1-40-10-22-46(23-11-40)53(47-24-12-41(2)13-25-47,48-26-14-42(3)15-27-48)38-36-52(34-8-7-9-35-52)37-39-54(49-28-16-43(4)17-29-49,50-30-18-44(5)19-31-50)51-32-20-45(6)21-33-51/h10-33H,7-9,34-39H2,1-6H3/q+2. The fraction of sp³-hybridized carbons (Fsp3) is 0.308. The van der Waals surface area contributed by atoms with E-state index in [0.29, 0.717) is 5.41 Å². The summed E-state index contributed by atoms with van der Waals surface area (Å²) < 4.78 is 0. The molecule has 6 aromatic carbocycles. The van der Waals surface area contributed by atoms with E-state index in [-0.39, 0.29) is 0 Å². The Morgan fingerprint density at radius 3 is 0.722 bits per heavy atom. The van der Waals surface area contributed by atoms with Crippen LogP contribution in [0.3, 0.4) is 0 Å². The molecule has 1 aliphatic carbocycles. The van der Waals surface area contributed by atoms with E-state index >= 15 is 0 Å². The topological polar surface area (TPSA) is 0 Å². The summed E-state index contributed by atoms with van der Waals surface area (Å²) in [5.41, 5.74) is 8.28. The number of benzene rings is 6. The van der Waals surface area contributed by atoms with Crippen molar-refractivity contribution in [1.82, 2.24) is 0 Å². The van der Waals surface area contributed by atoms with Gasteiger partial charge in [-0.1, -0.05) is 125 Å². The summed E-state index contributed by atoms with van der Waals surface area (Å²) in [4.78, 5) is 0. The predicted octanol–water partition coefficient (Wildman–Crippen LogP) is 11.6. The minimum atomic E-state index is -1.97. The zero-order valence-electron chi connectivity index (χ0n) is 33.6. The van der Waals surface area contributed by atoms with E-state index in [0.717, 1.165) is 0 Å². The van der Waals surface area contributed by atoms with Crippen LogP contribution in [0.2, 0.25) is 0 Å². The van der Waals surface area contributed by atoms with Gasteiger partial charge in [0, 0.05) is 0 Å². The summed E-state index contributed by atoms with van der Waals surface area (Å²) in [6.45, 7) is 13.4. The molecule has 0 unspecified atom stereocenters. The van der Waals surface area contributed by atoms with Crippen molar-refractivity contribution in [1.29, 1.82) is 0 Å². The van der Waals surface area contributed by atoms with Gasteiger partial charge in [-0.15, -0.1) is 0 Å². The van der Waals surface area contributed by atoms with Gasteiger partial charge in [0.2, 0.25) is 0 Å². The van der Waals surface area contributed by atoms with Gasteiger partial charge in [0.1, 0.15) is 46.4 Å². The van der Waals surface area contributed by atoms with Crippen LogP contribution in [-0.4, -0.2) is 12.3 Å². The molecule has 0 radical (unpaired) electrons. The van der Waals surface area contributed by atoms with Gasteiger partial charge in [-0.2, -0.15) is 0 Å². The van der Waals surface area contributed by atoms with Gasteiger partial charge in [0.05, 0.1) is 12.3 Å². The molecule has 0 heterocycles. The maximum absolute atomic E-state index is 2.47. The Bertz CT molecular complexity index is 1730. The first kappa shape index (κ1) is 38.5. The minimum Gasteiger partial charge on any atom is -0.0554 e. The Morgan fingerprint density at radius 1 is 0.315 bits per heavy atom. The Morgan fingerprint density at radius 2 is 0.519 bits per heavy atom. The van der Waals surface area contributed by atoms with Crippen LogP contribution in [0.25, 0.3) is 0 Å². The monoisotopic (exact) mass is 746 g/mol. The molecule has 0 atom stereocenters. The van der Waals surface area contributed by atoms with Crippen LogP contribution >= 0.6 is 14.5 Å². The first-order valence-corrected chi connectivity index (χ1v) is 24.3. The second kappa shape index (κ2) is 16.5. The second-order valence-electron chi connectivity index (χ2n) is 16.6. The molecule has 6 aromatic rings. The lowest BCUT2D eigenvalue weighted by molar-refractivity contribution is 0.176. The number of rotatable bonds is 12. The summed E-state index contributed by atoms with van der Waals surface area (Å²) >= 11 is 0. The highest BCUT2D eigenvalue weighted by molar-refractivity contribution is 7.96. The second-order valence-corrected chi connectivity index (χ2v) is 23.9. The van der Waals surface area contributed by atoms with Gasteiger partial charge < -0.3 is 0 Å². The molecule has 0 nitrogen and oxygen atoms in total. The highest BCUT2D eigenvalue weighted by Crippen LogP contribution is 2.62. The summed E-state index contributed by atoms with van der Waals surface area (Å²) in [5.74, 6) is 0.